The number of hydrogen-bond acceptors (Lipinski definition) is 4. The summed E-state index contributed by atoms with van der Waals surface area (Å²) in [7, 11) is 1.70. The van der Waals surface area contributed by atoms with Crippen LogP contribution in [0, 0.1) is 12.3 Å². The molecular weight excluding hydrogens is 264 g/mol. The predicted octanol–water partition coefficient (Wildman–Crippen LogP) is 1.97. The van der Waals surface area contributed by atoms with Crippen molar-refractivity contribution in [3.8, 4) is 5.75 Å². The Morgan fingerprint density at radius 3 is 2.52 bits per heavy atom. The normalized spacial score (nSPS) is 18.5. The van der Waals surface area contributed by atoms with E-state index in [0.717, 1.165) is 37.5 Å². The van der Waals surface area contributed by atoms with E-state index in [0.29, 0.717) is 0 Å². The number of aryl methyl sites for hydroxylation is 1. The van der Waals surface area contributed by atoms with Crippen LogP contribution < -0.4 is 10.1 Å². The number of methoxy groups -OCH3 is 1. The smallest absolute Gasteiger partial charge is 0.121 e. The van der Waals surface area contributed by atoms with Crippen LogP contribution in [0.15, 0.2) is 18.2 Å². The van der Waals surface area contributed by atoms with E-state index < -0.39 is 0 Å². The molecule has 0 aliphatic carbocycles. The quantitative estimate of drug-likeness (QED) is 0.871. The third kappa shape index (κ3) is 3.57. The average Bonchev–Trinajstić information content (AvgIpc) is 2.48. The van der Waals surface area contributed by atoms with Crippen LogP contribution in [0.2, 0.25) is 0 Å². The molecule has 4 heteroatoms. The van der Waals surface area contributed by atoms with Crippen molar-refractivity contribution in [3.05, 3.63) is 29.3 Å². The Morgan fingerprint density at radius 1 is 1.33 bits per heavy atom. The van der Waals surface area contributed by atoms with Crippen LogP contribution in [0.4, 0.5) is 0 Å². The largest absolute Gasteiger partial charge is 0.496 e. The molecule has 1 saturated heterocycles. The molecule has 2 rings (SSSR count). The van der Waals surface area contributed by atoms with Crippen molar-refractivity contribution in [1.29, 1.82) is 0 Å². The third-order valence-corrected chi connectivity index (χ3v) is 4.40. The summed E-state index contributed by atoms with van der Waals surface area (Å²) in [5.41, 5.74) is 2.22. The number of hydrogen-bond donors (Lipinski definition) is 2. The number of benzene rings is 1. The molecule has 0 unspecified atom stereocenters. The van der Waals surface area contributed by atoms with Gasteiger partial charge in [-0.1, -0.05) is 26.0 Å². The van der Waals surface area contributed by atoms with Gasteiger partial charge in [-0.15, -0.1) is 0 Å². The number of aliphatic hydroxyl groups is 1. The van der Waals surface area contributed by atoms with E-state index in [4.69, 9.17) is 4.74 Å². The molecule has 1 aliphatic rings. The standard InChI is InChI=1S/C17H28N2O2/c1-13-11-14(5-6-15(13)21-4)16(17(2,3)12-20)19-9-7-18-8-10-19/h5-6,11,16,18,20H,7-10,12H2,1-4H3/t16-/m0/s1. The van der Waals surface area contributed by atoms with E-state index in [-0.39, 0.29) is 18.1 Å². The lowest BCUT2D eigenvalue weighted by Gasteiger charge is -2.43. The number of nitrogens with one attached hydrogen (secondary N) is 1. The van der Waals surface area contributed by atoms with Crippen molar-refractivity contribution in [3.63, 3.8) is 0 Å². The predicted molar refractivity (Wildman–Crippen MR) is 85.8 cm³/mol. The van der Waals surface area contributed by atoms with Crippen LogP contribution in [-0.2, 0) is 0 Å². The molecule has 0 saturated carbocycles. The minimum atomic E-state index is -0.182. The van der Waals surface area contributed by atoms with Crippen molar-refractivity contribution in [2.45, 2.75) is 26.8 Å². The van der Waals surface area contributed by atoms with Gasteiger partial charge in [0.15, 0.2) is 0 Å². The highest BCUT2D eigenvalue weighted by molar-refractivity contribution is 5.38. The lowest BCUT2D eigenvalue weighted by molar-refractivity contribution is 0.0305. The number of nitrogens with zero attached hydrogens (tertiary/aromatic N) is 1. The zero-order valence-corrected chi connectivity index (χ0v) is 13.6. The third-order valence-electron chi connectivity index (χ3n) is 4.40. The maximum Gasteiger partial charge on any atom is 0.121 e. The van der Waals surface area contributed by atoms with Gasteiger partial charge in [0.2, 0.25) is 0 Å². The summed E-state index contributed by atoms with van der Waals surface area (Å²) in [6.45, 7) is 10.6. The maximum absolute atomic E-state index is 9.86. The topological polar surface area (TPSA) is 44.7 Å². The molecule has 1 atom stereocenters. The second kappa shape index (κ2) is 6.77. The van der Waals surface area contributed by atoms with E-state index in [1.807, 2.05) is 6.07 Å². The number of ether oxygens (including phenoxy) is 1. The molecule has 0 radical (unpaired) electrons. The van der Waals surface area contributed by atoms with Crippen LogP contribution in [0.5, 0.6) is 5.75 Å². The molecule has 0 amide bonds. The Morgan fingerprint density at radius 2 is 2.00 bits per heavy atom. The van der Waals surface area contributed by atoms with Crippen LogP contribution in [0.25, 0.3) is 0 Å². The lowest BCUT2D eigenvalue weighted by atomic mass is 9.79. The van der Waals surface area contributed by atoms with Gasteiger partial charge in [-0.2, -0.15) is 0 Å². The van der Waals surface area contributed by atoms with Gasteiger partial charge in [0.25, 0.3) is 0 Å². The summed E-state index contributed by atoms with van der Waals surface area (Å²) < 4.78 is 5.36. The van der Waals surface area contributed by atoms with E-state index in [2.05, 4.69) is 43.1 Å². The van der Waals surface area contributed by atoms with Gasteiger partial charge >= 0.3 is 0 Å². The Hall–Kier alpha value is -1.10. The zero-order chi connectivity index (χ0) is 15.5. The summed E-state index contributed by atoms with van der Waals surface area (Å²) >= 11 is 0. The van der Waals surface area contributed by atoms with Gasteiger partial charge in [-0.25, -0.2) is 0 Å². The molecule has 4 nitrogen and oxygen atoms in total. The van der Waals surface area contributed by atoms with Crippen molar-refractivity contribution >= 4 is 0 Å². The first-order chi connectivity index (χ1) is 9.99. The number of aliphatic hydroxyl groups excluding tert-OH is 1. The Bertz CT molecular complexity index is 468. The summed E-state index contributed by atoms with van der Waals surface area (Å²) in [6.07, 6.45) is 0. The monoisotopic (exact) mass is 292 g/mol. The molecular formula is C17H28N2O2. The fourth-order valence-electron chi connectivity index (χ4n) is 3.25. The fourth-order valence-corrected chi connectivity index (χ4v) is 3.25. The van der Waals surface area contributed by atoms with Crippen molar-refractivity contribution in [2.24, 2.45) is 5.41 Å². The van der Waals surface area contributed by atoms with Crippen LogP contribution in [-0.4, -0.2) is 49.9 Å². The molecule has 118 valence electrons. The van der Waals surface area contributed by atoms with Gasteiger partial charge < -0.3 is 15.2 Å². The van der Waals surface area contributed by atoms with Crippen LogP contribution in [0.3, 0.4) is 0 Å². The Balaban J connectivity index is 2.36. The molecule has 1 fully saturated rings. The second-order valence-corrected chi connectivity index (χ2v) is 6.56. The molecule has 1 aliphatic heterocycles. The van der Waals surface area contributed by atoms with Crippen LogP contribution >= 0.6 is 0 Å². The zero-order valence-electron chi connectivity index (χ0n) is 13.6. The van der Waals surface area contributed by atoms with Gasteiger partial charge in [0.1, 0.15) is 5.75 Å². The highest BCUT2D eigenvalue weighted by atomic mass is 16.5. The first kappa shape index (κ1) is 16.3. The molecule has 0 spiro atoms. The molecule has 0 bridgehead atoms. The molecule has 1 heterocycles. The van der Waals surface area contributed by atoms with E-state index in [9.17, 15) is 5.11 Å². The molecule has 1 aromatic rings. The maximum atomic E-state index is 9.86. The highest BCUT2D eigenvalue weighted by Crippen LogP contribution is 2.39. The molecule has 2 N–H and O–H groups in total. The van der Waals surface area contributed by atoms with Gasteiger partial charge in [0, 0.05) is 44.2 Å². The minimum absolute atomic E-state index is 0.173. The fraction of sp³-hybridized carbons (Fsp3) is 0.647. The number of rotatable bonds is 5. The van der Waals surface area contributed by atoms with Crippen molar-refractivity contribution < 1.29 is 9.84 Å². The Kier molecular flexibility index (Phi) is 5.25. The summed E-state index contributed by atoms with van der Waals surface area (Å²) in [5, 5.41) is 13.3. The lowest BCUT2D eigenvalue weighted by Crippen LogP contribution is -2.49. The first-order valence-corrected chi connectivity index (χ1v) is 7.70. The van der Waals surface area contributed by atoms with Crippen LogP contribution in [0.1, 0.15) is 31.0 Å². The average molecular weight is 292 g/mol. The van der Waals surface area contributed by atoms with Gasteiger partial charge in [-0.3, -0.25) is 4.90 Å². The molecule has 0 aromatic heterocycles. The SMILES string of the molecule is COc1ccc([C@H](N2CCNCC2)C(C)(C)CO)cc1C. The Labute approximate surface area is 128 Å². The van der Waals surface area contributed by atoms with Gasteiger partial charge in [0.05, 0.1) is 7.11 Å². The van der Waals surface area contributed by atoms with Gasteiger partial charge in [-0.05, 0) is 24.1 Å². The molecule has 1 aromatic carbocycles. The highest BCUT2D eigenvalue weighted by Gasteiger charge is 2.35. The van der Waals surface area contributed by atoms with E-state index in [1.54, 1.807) is 7.11 Å². The van der Waals surface area contributed by atoms with E-state index in [1.165, 1.54) is 5.56 Å². The molecule has 21 heavy (non-hydrogen) atoms. The summed E-state index contributed by atoms with van der Waals surface area (Å²) in [5.74, 6) is 0.916. The second-order valence-electron chi connectivity index (χ2n) is 6.56. The summed E-state index contributed by atoms with van der Waals surface area (Å²) in [6, 6.07) is 6.58. The van der Waals surface area contributed by atoms with Crippen molar-refractivity contribution in [2.75, 3.05) is 39.9 Å². The minimum Gasteiger partial charge on any atom is -0.496 e. The first-order valence-electron chi connectivity index (χ1n) is 7.70. The summed E-state index contributed by atoms with van der Waals surface area (Å²) in [4.78, 5) is 2.48. The van der Waals surface area contributed by atoms with E-state index >= 15 is 0 Å². The van der Waals surface area contributed by atoms with Crippen molar-refractivity contribution in [1.82, 2.24) is 10.2 Å². The number of piperazine rings is 1.